The monoisotopic (exact) mass is 766 g/mol. The van der Waals surface area contributed by atoms with Crippen molar-refractivity contribution < 1.29 is 49.0 Å². The van der Waals surface area contributed by atoms with Gasteiger partial charge in [0.15, 0.2) is 0 Å². The predicted octanol–water partition coefficient (Wildman–Crippen LogP) is 6.09. The van der Waals surface area contributed by atoms with E-state index in [9.17, 15) is 0 Å². The molecule has 1 aliphatic rings. The third kappa shape index (κ3) is 11.5. The van der Waals surface area contributed by atoms with E-state index in [4.69, 9.17) is 0 Å². The van der Waals surface area contributed by atoms with Crippen LogP contribution in [0, 0.1) is 26.8 Å². The fraction of sp³-hybridized carbons (Fsp3) is 0.348. The van der Waals surface area contributed by atoms with E-state index in [2.05, 4.69) is 186 Å². The van der Waals surface area contributed by atoms with Crippen molar-refractivity contribution in [2.75, 3.05) is 0 Å². The van der Waals surface area contributed by atoms with Gasteiger partial charge in [0, 0.05) is 0 Å². The molecule has 0 aliphatic heterocycles. The summed E-state index contributed by atoms with van der Waals surface area (Å²) in [5, 5.41) is 0. The second-order valence-electron chi connectivity index (χ2n) is 16.4. The molecule has 0 fully saturated rings. The van der Waals surface area contributed by atoms with Gasteiger partial charge in [-0.1, -0.05) is 109 Å². The molecule has 0 aromatic heterocycles. The number of hydrogen-bond donors (Lipinski definition) is 0. The summed E-state index contributed by atoms with van der Waals surface area (Å²) >= 11 is 1.46. The fourth-order valence-electron chi connectivity index (χ4n) is 5.62. The molecule has 0 heterocycles. The molecule has 0 atom stereocenters. The maximum atomic E-state index is 3.53. The Morgan fingerprint density at radius 2 is 1.06 bits per heavy atom. The molecule has 49 heavy (non-hydrogen) atoms. The van der Waals surface area contributed by atoms with Crippen LogP contribution in [0.3, 0.4) is 0 Å². The van der Waals surface area contributed by atoms with Crippen LogP contribution in [0.15, 0.2) is 97.1 Å². The van der Waals surface area contributed by atoms with E-state index < -0.39 is 0 Å². The first kappa shape index (κ1) is 42.7. The Kier molecular flexibility index (Phi) is 15.0. The minimum absolute atomic E-state index is 0. The molecule has 5 aromatic rings. The van der Waals surface area contributed by atoms with Crippen molar-refractivity contribution in [2.45, 2.75) is 106 Å². The van der Waals surface area contributed by atoms with E-state index in [1.54, 1.807) is 0 Å². The standard InChI is InChI=1S/C21H25.C15H14.C10H15.2ClH.Zr/c1-20(2,3)16-9-7-14-11-15-8-10-17(21(4,5)6)13-19(15)18(14)12-16;1-12-3-7-14(8-4-12)11-15-9-5-13(2)6-10-15;1-8-5-6-9(7-8)10(2,3)4;;;/h7,9-10,12-13H,11H2,1-6H3;3-10H,1-2H3;5-7H,1-4H3;2*1H;/q-1;;-1;;;+2/p-2. The molecule has 6 rings (SSSR count). The van der Waals surface area contributed by atoms with Crippen molar-refractivity contribution in [2.24, 2.45) is 0 Å². The summed E-state index contributed by atoms with van der Waals surface area (Å²) in [6.07, 6.45) is 1.03. The Morgan fingerprint density at radius 3 is 1.47 bits per heavy atom. The molecule has 0 bridgehead atoms. The summed E-state index contributed by atoms with van der Waals surface area (Å²) in [5.41, 5.74) is 17.2. The quantitative estimate of drug-likeness (QED) is 0.187. The molecule has 0 amide bonds. The van der Waals surface area contributed by atoms with Gasteiger partial charge in [0.05, 0.1) is 0 Å². The molecule has 0 radical (unpaired) electrons. The summed E-state index contributed by atoms with van der Waals surface area (Å²) in [4.78, 5) is 0. The van der Waals surface area contributed by atoms with Crippen LogP contribution in [-0.2, 0) is 46.9 Å². The van der Waals surface area contributed by atoms with Gasteiger partial charge < -0.3 is 24.8 Å². The number of hydrogen-bond acceptors (Lipinski definition) is 0. The van der Waals surface area contributed by atoms with Gasteiger partial charge in [-0.3, -0.25) is 0 Å². The Bertz CT molecular complexity index is 1710. The average Bonchev–Trinajstić information content (AvgIpc) is 3.60. The molecule has 5 aromatic carbocycles. The zero-order valence-electron chi connectivity index (χ0n) is 31.7. The number of rotatable bonds is 2. The first-order chi connectivity index (χ1) is 21.8. The Labute approximate surface area is 325 Å². The number of halogens is 2. The topological polar surface area (TPSA) is 0 Å². The molecular formula is C46H54Cl2Zr-2. The van der Waals surface area contributed by atoms with E-state index in [0.29, 0.717) is 5.41 Å². The molecule has 0 saturated heterocycles. The molecule has 1 aliphatic carbocycles. The first-order valence-corrected chi connectivity index (χ1v) is 18.2. The minimum Gasteiger partial charge on any atom is -1.00 e. The second-order valence-corrected chi connectivity index (χ2v) is 17.6. The summed E-state index contributed by atoms with van der Waals surface area (Å²) in [6, 6.07) is 39.2. The van der Waals surface area contributed by atoms with E-state index in [1.807, 2.05) is 0 Å². The molecule has 258 valence electrons. The second kappa shape index (κ2) is 17.2. The van der Waals surface area contributed by atoms with Crippen LogP contribution in [0.2, 0.25) is 0 Å². The Morgan fingerprint density at radius 1 is 0.592 bits per heavy atom. The van der Waals surface area contributed by atoms with Gasteiger partial charge in [-0.25, -0.2) is 6.07 Å². The summed E-state index contributed by atoms with van der Waals surface area (Å²) < 4.78 is 1.42. The molecular weight excluding hydrogens is 715 g/mol. The molecule has 0 spiro atoms. The largest absolute Gasteiger partial charge is 1.00 e. The number of aryl methyl sites for hydroxylation is 3. The van der Waals surface area contributed by atoms with E-state index in [-0.39, 0.29) is 35.6 Å². The summed E-state index contributed by atoms with van der Waals surface area (Å²) in [7, 11) is 0. The predicted molar refractivity (Wildman–Crippen MR) is 202 cm³/mol. The SMILES string of the molecule is CC(C)(C)c1c[c-]c2c(c1)-c1cc(C(C)(C)C)ccc1C2.Cc1cc(C(C)(C)C)c[cH-]1.Cc1ccc([C](=[Zr+2])c2ccc(C)cc2)cc1.[Cl-].[Cl-]. The van der Waals surface area contributed by atoms with Gasteiger partial charge in [0.25, 0.3) is 0 Å². The van der Waals surface area contributed by atoms with Crippen molar-refractivity contribution in [3.05, 3.63) is 159 Å². The van der Waals surface area contributed by atoms with Crippen LogP contribution in [-0.4, -0.2) is 3.21 Å². The minimum atomic E-state index is 0. The number of benzene rings is 4. The van der Waals surface area contributed by atoms with Gasteiger partial charge in [0.1, 0.15) is 0 Å². The van der Waals surface area contributed by atoms with E-state index in [0.717, 1.165) is 6.42 Å². The van der Waals surface area contributed by atoms with Crippen LogP contribution >= 0.6 is 0 Å². The van der Waals surface area contributed by atoms with Crippen molar-refractivity contribution in [1.29, 1.82) is 0 Å². The van der Waals surface area contributed by atoms with Crippen molar-refractivity contribution in [3.8, 4) is 11.1 Å². The zero-order chi connectivity index (χ0) is 34.7. The maximum Gasteiger partial charge on any atom is -1.00 e. The van der Waals surface area contributed by atoms with Gasteiger partial charge in [0.2, 0.25) is 0 Å². The van der Waals surface area contributed by atoms with Crippen molar-refractivity contribution >= 4 is 3.21 Å². The molecule has 0 saturated carbocycles. The average molecular weight is 769 g/mol. The van der Waals surface area contributed by atoms with Gasteiger partial charge >= 0.3 is 112 Å². The Balaban J connectivity index is 0.000000265. The Hall–Kier alpha value is -2.44. The third-order valence-electron chi connectivity index (χ3n) is 8.98. The van der Waals surface area contributed by atoms with Crippen LogP contribution in [0.4, 0.5) is 0 Å². The van der Waals surface area contributed by atoms with Gasteiger partial charge in [-0.2, -0.15) is 52.6 Å². The molecule has 0 unspecified atom stereocenters. The maximum absolute atomic E-state index is 3.53. The van der Waals surface area contributed by atoms with Gasteiger partial charge in [-0.15, -0.1) is 5.56 Å². The zero-order valence-corrected chi connectivity index (χ0v) is 35.7. The van der Waals surface area contributed by atoms with Crippen LogP contribution in [0.5, 0.6) is 0 Å². The molecule has 0 N–H and O–H groups in total. The normalized spacial score (nSPS) is 11.8. The fourth-order valence-corrected chi connectivity index (χ4v) is 6.44. The third-order valence-corrected chi connectivity index (χ3v) is 10.4. The van der Waals surface area contributed by atoms with E-state index >= 15 is 0 Å². The number of fused-ring (bicyclic) bond motifs is 3. The van der Waals surface area contributed by atoms with Gasteiger partial charge in [-0.05, 0) is 17.4 Å². The first-order valence-electron chi connectivity index (χ1n) is 17.0. The molecule has 0 nitrogen and oxygen atoms in total. The van der Waals surface area contributed by atoms with Crippen LogP contribution in [0.1, 0.15) is 118 Å². The molecule has 3 heteroatoms. The van der Waals surface area contributed by atoms with Crippen molar-refractivity contribution in [3.63, 3.8) is 0 Å². The summed E-state index contributed by atoms with van der Waals surface area (Å²) in [6.45, 7) is 26.7. The smallest absolute Gasteiger partial charge is 1.00 e. The van der Waals surface area contributed by atoms with E-state index in [1.165, 1.54) is 94.2 Å². The summed E-state index contributed by atoms with van der Waals surface area (Å²) in [5.74, 6) is 0. The van der Waals surface area contributed by atoms with Crippen LogP contribution < -0.4 is 24.8 Å². The van der Waals surface area contributed by atoms with Crippen molar-refractivity contribution in [1.82, 2.24) is 0 Å². The van der Waals surface area contributed by atoms with Crippen LogP contribution in [0.25, 0.3) is 11.1 Å².